The van der Waals surface area contributed by atoms with Crippen LogP contribution in [-0.2, 0) is 0 Å². The summed E-state index contributed by atoms with van der Waals surface area (Å²) in [5, 5.41) is 28.1. The Labute approximate surface area is 82.7 Å². The van der Waals surface area contributed by atoms with E-state index in [0.29, 0.717) is 12.1 Å². The van der Waals surface area contributed by atoms with Gasteiger partial charge in [0.05, 0.1) is 23.2 Å². The molecular formula is C8H7F2NO4. The van der Waals surface area contributed by atoms with Crippen LogP contribution in [0.15, 0.2) is 12.1 Å². The second-order valence-electron chi connectivity index (χ2n) is 2.78. The molecule has 1 atom stereocenters. The number of aliphatic hydroxyl groups is 2. The summed E-state index contributed by atoms with van der Waals surface area (Å²) in [5.41, 5.74) is -1.23. The van der Waals surface area contributed by atoms with Crippen molar-refractivity contribution in [1.29, 1.82) is 0 Å². The third-order valence-corrected chi connectivity index (χ3v) is 1.80. The van der Waals surface area contributed by atoms with Gasteiger partial charge in [-0.3, -0.25) is 10.1 Å². The van der Waals surface area contributed by atoms with E-state index in [1.807, 2.05) is 0 Å². The first-order chi connectivity index (χ1) is 6.97. The quantitative estimate of drug-likeness (QED) is 0.584. The number of halogens is 2. The molecule has 0 radical (unpaired) electrons. The minimum absolute atomic E-state index is 0.365. The molecule has 1 rings (SSSR count). The second kappa shape index (κ2) is 4.28. The average Bonchev–Trinajstić information content (AvgIpc) is 2.20. The van der Waals surface area contributed by atoms with E-state index in [0.717, 1.165) is 0 Å². The van der Waals surface area contributed by atoms with Crippen molar-refractivity contribution in [2.24, 2.45) is 0 Å². The van der Waals surface area contributed by atoms with Gasteiger partial charge in [0.15, 0.2) is 11.6 Å². The van der Waals surface area contributed by atoms with Crippen LogP contribution in [-0.4, -0.2) is 21.7 Å². The SMILES string of the molecule is O=[N+]([O-])c1cc(F)c(F)cc1C(O)CO. The highest BCUT2D eigenvalue weighted by Crippen LogP contribution is 2.27. The van der Waals surface area contributed by atoms with Gasteiger partial charge in [0.1, 0.15) is 6.10 Å². The fourth-order valence-corrected chi connectivity index (χ4v) is 1.08. The number of hydrogen-bond donors (Lipinski definition) is 2. The molecule has 0 bridgehead atoms. The van der Waals surface area contributed by atoms with Gasteiger partial charge in [0.2, 0.25) is 0 Å². The van der Waals surface area contributed by atoms with E-state index in [4.69, 9.17) is 10.2 Å². The number of nitro benzene ring substituents is 1. The van der Waals surface area contributed by atoms with Gasteiger partial charge in [-0.2, -0.15) is 0 Å². The first kappa shape index (κ1) is 11.5. The van der Waals surface area contributed by atoms with Crippen LogP contribution in [0.1, 0.15) is 11.7 Å². The summed E-state index contributed by atoms with van der Waals surface area (Å²) >= 11 is 0. The predicted octanol–water partition coefficient (Wildman–Crippen LogP) is 0.899. The molecule has 15 heavy (non-hydrogen) atoms. The molecule has 1 aromatic rings. The zero-order valence-corrected chi connectivity index (χ0v) is 7.35. The van der Waals surface area contributed by atoms with Crippen LogP contribution in [0.4, 0.5) is 14.5 Å². The van der Waals surface area contributed by atoms with Crippen LogP contribution in [0.3, 0.4) is 0 Å². The lowest BCUT2D eigenvalue weighted by molar-refractivity contribution is -0.386. The average molecular weight is 219 g/mol. The lowest BCUT2D eigenvalue weighted by atomic mass is 10.1. The van der Waals surface area contributed by atoms with Gasteiger partial charge in [-0.1, -0.05) is 0 Å². The van der Waals surface area contributed by atoms with E-state index >= 15 is 0 Å². The van der Waals surface area contributed by atoms with Gasteiger partial charge >= 0.3 is 0 Å². The van der Waals surface area contributed by atoms with Gasteiger partial charge in [-0.15, -0.1) is 0 Å². The molecule has 0 aromatic heterocycles. The molecule has 82 valence electrons. The van der Waals surface area contributed by atoms with Crippen LogP contribution in [0.2, 0.25) is 0 Å². The van der Waals surface area contributed by atoms with E-state index in [2.05, 4.69) is 0 Å². The zero-order chi connectivity index (χ0) is 11.6. The number of aliphatic hydroxyl groups excluding tert-OH is 2. The molecule has 5 nitrogen and oxygen atoms in total. The second-order valence-corrected chi connectivity index (χ2v) is 2.78. The van der Waals surface area contributed by atoms with Crippen molar-refractivity contribution in [3.8, 4) is 0 Å². The fraction of sp³-hybridized carbons (Fsp3) is 0.250. The monoisotopic (exact) mass is 219 g/mol. The number of nitrogens with zero attached hydrogens (tertiary/aromatic N) is 1. The Hall–Kier alpha value is -1.60. The smallest absolute Gasteiger partial charge is 0.278 e. The molecular weight excluding hydrogens is 212 g/mol. The minimum Gasteiger partial charge on any atom is -0.393 e. The summed E-state index contributed by atoms with van der Waals surface area (Å²) in [4.78, 5) is 9.47. The van der Waals surface area contributed by atoms with E-state index in [1.54, 1.807) is 0 Å². The van der Waals surface area contributed by atoms with Crippen molar-refractivity contribution in [3.05, 3.63) is 39.4 Å². The third kappa shape index (κ3) is 2.25. The summed E-state index contributed by atoms with van der Waals surface area (Å²) in [6, 6.07) is 0.859. The molecule has 0 saturated carbocycles. The Morgan fingerprint density at radius 2 is 1.93 bits per heavy atom. The molecule has 2 N–H and O–H groups in total. The zero-order valence-electron chi connectivity index (χ0n) is 7.35. The van der Waals surface area contributed by atoms with Crippen LogP contribution in [0.5, 0.6) is 0 Å². The highest BCUT2D eigenvalue weighted by Gasteiger charge is 2.23. The Bertz CT molecular complexity index is 396. The van der Waals surface area contributed by atoms with E-state index in [9.17, 15) is 18.9 Å². The molecule has 0 aliphatic heterocycles. The van der Waals surface area contributed by atoms with Gasteiger partial charge in [0, 0.05) is 0 Å². The molecule has 1 unspecified atom stereocenters. The van der Waals surface area contributed by atoms with Crippen molar-refractivity contribution < 1.29 is 23.9 Å². The minimum atomic E-state index is -1.61. The summed E-state index contributed by atoms with van der Waals surface area (Å²) in [6.45, 7) is -0.814. The van der Waals surface area contributed by atoms with Crippen LogP contribution < -0.4 is 0 Å². The predicted molar refractivity (Wildman–Crippen MR) is 45.1 cm³/mol. The number of benzene rings is 1. The van der Waals surface area contributed by atoms with Gasteiger partial charge in [-0.05, 0) is 6.07 Å². The van der Waals surface area contributed by atoms with Crippen LogP contribution in [0, 0.1) is 21.7 Å². The topological polar surface area (TPSA) is 83.6 Å². The Morgan fingerprint density at radius 3 is 2.40 bits per heavy atom. The van der Waals surface area contributed by atoms with Crippen molar-refractivity contribution in [2.75, 3.05) is 6.61 Å². The van der Waals surface area contributed by atoms with E-state index in [1.165, 1.54) is 0 Å². The standard InChI is InChI=1S/C8H7F2NO4/c9-5-1-4(8(13)3-12)7(11(14)15)2-6(5)10/h1-2,8,12-13H,3H2. The lowest BCUT2D eigenvalue weighted by Gasteiger charge is -2.08. The third-order valence-electron chi connectivity index (χ3n) is 1.80. The summed E-state index contributed by atoms with van der Waals surface area (Å²) in [7, 11) is 0. The molecule has 0 aliphatic rings. The summed E-state index contributed by atoms with van der Waals surface area (Å²) in [6.07, 6.45) is -1.61. The molecule has 0 saturated heterocycles. The molecule has 0 amide bonds. The molecule has 0 heterocycles. The Kier molecular flexibility index (Phi) is 3.28. The largest absolute Gasteiger partial charge is 0.393 e. The van der Waals surface area contributed by atoms with Crippen molar-refractivity contribution in [3.63, 3.8) is 0 Å². The molecule has 0 fully saturated rings. The summed E-state index contributed by atoms with van der Waals surface area (Å²) in [5.74, 6) is -2.70. The number of hydrogen-bond acceptors (Lipinski definition) is 4. The lowest BCUT2D eigenvalue weighted by Crippen LogP contribution is -2.07. The number of nitro groups is 1. The maximum atomic E-state index is 12.7. The highest BCUT2D eigenvalue weighted by molar-refractivity contribution is 5.42. The van der Waals surface area contributed by atoms with Crippen LogP contribution in [0.25, 0.3) is 0 Å². The Morgan fingerprint density at radius 1 is 1.40 bits per heavy atom. The number of rotatable bonds is 3. The first-order valence-electron chi connectivity index (χ1n) is 3.89. The molecule has 7 heteroatoms. The molecule has 1 aromatic carbocycles. The van der Waals surface area contributed by atoms with Gasteiger partial charge in [0.25, 0.3) is 5.69 Å². The first-order valence-corrected chi connectivity index (χ1v) is 3.89. The van der Waals surface area contributed by atoms with E-state index in [-0.39, 0.29) is 0 Å². The van der Waals surface area contributed by atoms with Crippen molar-refractivity contribution in [1.82, 2.24) is 0 Å². The van der Waals surface area contributed by atoms with Gasteiger partial charge < -0.3 is 10.2 Å². The molecule has 0 spiro atoms. The van der Waals surface area contributed by atoms with Crippen LogP contribution >= 0.6 is 0 Å². The summed E-state index contributed by atoms with van der Waals surface area (Å²) < 4.78 is 25.4. The fourth-order valence-electron chi connectivity index (χ4n) is 1.08. The van der Waals surface area contributed by atoms with E-state index < -0.39 is 40.5 Å². The van der Waals surface area contributed by atoms with Crippen molar-refractivity contribution in [2.45, 2.75) is 6.10 Å². The highest BCUT2D eigenvalue weighted by atomic mass is 19.2. The molecule has 0 aliphatic carbocycles. The van der Waals surface area contributed by atoms with Gasteiger partial charge in [-0.25, -0.2) is 8.78 Å². The maximum Gasteiger partial charge on any atom is 0.278 e. The van der Waals surface area contributed by atoms with Crippen molar-refractivity contribution >= 4 is 5.69 Å². The normalized spacial score (nSPS) is 12.5. The Balaban J connectivity index is 3.34. The maximum absolute atomic E-state index is 12.7.